The second-order valence-corrected chi connectivity index (χ2v) is 12.3. The molecule has 0 N–H and O–H groups in total. The molecule has 8 nitrogen and oxygen atoms in total. The van der Waals surface area contributed by atoms with E-state index in [1.54, 1.807) is 0 Å². The van der Waals surface area contributed by atoms with E-state index in [1.807, 2.05) is 0 Å². The van der Waals surface area contributed by atoms with Crippen LogP contribution in [0.5, 0.6) is 0 Å². The molecule has 1 unspecified atom stereocenters. The Hall–Kier alpha value is -2.05. The molecule has 0 aliphatic heterocycles. The van der Waals surface area contributed by atoms with Gasteiger partial charge in [0.25, 0.3) is 19.7 Å². The first-order chi connectivity index (χ1) is 15.9. The van der Waals surface area contributed by atoms with Crippen molar-refractivity contribution in [1.29, 1.82) is 0 Å². The van der Waals surface area contributed by atoms with Crippen molar-refractivity contribution < 1.29 is 75.4 Å². The summed E-state index contributed by atoms with van der Waals surface area (Å²) in [5, 5.41) is 0. The molecule has 1 atom stereocenters. The first-order valence-corrected chi connectivity index (χ1v) is 12.8. The van der Waals surface area contributed by atoms with E-state index < -0.39 is 83.5 Å². The van der Waals surface area contributed by atoms with Crippen molar-refractivity contribution in [2.75, 3.05) is 0 Å². The molecular weight excluding hydrogens is 567 g/mol. The van der Waals surface area contributed by atoms with Gasteiger partial charge in [0.1, 0.15) is 17.8 Å². The molecule has 210 valence electrons. The Morgan fingerprint density at radius 1 is 0.861 bits per heavy atom. The fraction of sp³-hybridized carbons (Fsp3) is 0.765. The average molecular weight is 586 g/mol. The van der Waals surface area contributed by atoms with Crippen molar-refractivity contribution in [3.63, 3.8) is 0 Å². The zero-order valence-corrected chi connectivity index (χ0v) is 19.7. The van der Waals surface area contributed by atoms with Gasteiger partial charge in [0.05, 0.1) is 5.92 Å². The molecule has 0 aromatic heterocycles. The third-order valence-electron chi connectivity index (χ3n) is 5.05. The van der Waals surface area contributed by atoms with E-state index in [2.05, 4.69) is 16.1 Å². The number of ether oxygens (including phenoxy) is 2. The van der Waals surface area contributed by atoms with Crippen LogP contribution in [0.1, 0.15) is 39.0 Å². The van der Waals surface area contributed by atoms with Crippen molar-refractivity contribution >= 4 is 31.6 Å². The number of hydrogen-bond acceptors (Lipinski definition) is 8. The standard InChI is InChI=1S/C17H19F9O8S2/c1-8(7-12(35(29,30)16(21,22)23)36(31,32)17(24,25)26)33-14(28)10-3-5-11(6-4-10)34-13(27)9(2)15(18,19)20/h8,10-12H,2-7H2,1H3. The summed E-state index contributed by atoms with van der Waals surface area (Å²) in [6.45, 7) is 3.23. The summed E-state index contributed by atoms with van der Waals surface area (Å²) in [5.74, 6) is -4.07. The first-order valence-electron chi connectivity index (χ1n) is 9.70. The summed E-state index contributed by atoms with van der Waals surface area (Å²) >= 11 is 0. The molecule has 0 saturated heterocycles. The molecular formula is C17H19F9O8S2. The fourth-order valence-electron chi connectivity index (χ4n) is 3.09. The normalized spacial score (nSPS) is 21.1. The Labute approximate surface area is 198 Å². The number of sulfone groups is 2. The topological polar surface area (TPSA) is 121 Å². The molecule has 1 aliphatic carbocycles. The minimum absolute atomic E-state index is 0.168. The smallest absolute Gasteiger partial charge is 0.462 e. The van der Waals surface area contributed by atoms with Crippen LogP contribution in [0.2, 0.25) is 0 Å². The third-order valence-corrected chi connectivity index (χ3v) is 9.63. The Morgan fingerprint density at radius 3 is 1.64 bits per heavy atom. The summed E-state index contributed by atoms with van der Waals surface area (Å²) in [5.41, 5.74) is -14.5. The third kappa shape index (κ3) is 7.48. The van der Waals surface area contributed by atoms with Gasteiger partial charge >= 0.3 is 29.1 Å². The molecule has 36 heavy (non-hydrogen) atoms. The van der Waals surface area contributed by atoms with Gasteiger partial charge in [0, 0.05) is 6.42 Å². The van der Waals surface area contributed by atoms with Crippen LogP contribution in [-0.4, -0.2) is 62.8 Å². The van der Waals surface area contributed by atoms with Crippen LogP contribution in [0.3, 0.4) is 0 Å². The number of halogens is 9. The Kier molecular flexibility index (Phi) is 9.54. The van der Waals surface area contributed by atoms with Crippen LogP contribution >= 0.6 is 0 Å². The van der Waals surface area contributed by atoms with E-state index in [0.29, 0.717) is 6.92 Å². The maximum atomic E-state index is 12.8. The average Bonchev–Trinajstić information content (AvgIpc) is 2.69. The number of carbonyl (C=O) groups is 2. The van der Waals surface area contributed by atoms with Gasteiger partial charge < -0.3 is 9.47 Å². The largest absolute Gasteiger partial charge is 0.498 e. The quantitative estimate of drug-likeness (QED) is 0.240. The molecule has 0 radical (unpaired) electrons. The molecule has 1 saturated carbocycles. The predicted molar refractivity (Wildman–Crippen MR) is 101 cm³/mol. The van der Waals surface area contributed by atoms with Crippen molar-refractivity contribution in [1.82, 2.24) is 0 Å². The Balaban J connectivity index is 2.86. The Bertz CT molecular complexity index is 1010. The second kappa shape index (κ2) is 10.7. The number of esters is 2. The lowest BCUT2D eigenvalue weighted by Gasteiger charge is -2.29. The molecule has 1 rings (SSSR count). The summed E-state index contributed by atoms with van der Waals surface area (Å²) in [6.07, 6.45) is -10.7. The molecule has 0 bridgehead atoms. The number of alkyl halides is 9. The highest BCUT2D eigenvalue weighted by molar-refractivity contribution is 8.09. The lowest BCUT2D eigenvalue weighted by atomic mass is 9.87. The van der Waals surface area contributed by atoms with E-state index in [4.69, 9.17) is 0 Å². The molecule has 1 fully saturated rings. The van der Waals surface area contributed by atoms with Gasteiger partial charge in [-0.15, -0.1) is 0 Å². The highest BCUT2D eigenvalue weighted by atomic mass is 32.3. The van der Waals surface area contributed by atoms with Gasteiger partial charge in [-0.3, -0.25) is 4.79 Å². The highest BCUT2D eigenvalue weighted by Crippen LogP contribution is 2.39. The monoisotopic (exact) mass is 586 g/mol. The van der Waals surface area contributed by atoms with Crippen LogP contribution in [0.15, 0.2) is 12.2 Å². The van der Waals surface area contributed by atoms with Gasteiger partial charge in [-0.25, -0.2) is 21.6 Å². The minimum atomic E-state index is -6.91. The zero-order chi connectivity index (χ0) is 28.5. The molecule has 0 heterocycles. The molecule has 0 aromatic carbocycles. The highest BCUT2D eigenvalue weighted by Gasteiger charge is 2.63. The Morgan fingerprint density at radius 2 is 1.28 bits per heavy atom. The van der Waals surface area contributed by atoms with Crippen LogP contribution in [-0.2, 0) is 38.7 Å². The van der Waals surface area contributed by atoms with Gasteiger partial charge in [-0.1, -0.05) is 6.58 Å². The van der Waals surface area contributed by atoms with Crippen molar-refractivity contribution in [3.8, 4) is 0 Å². The van der Waals surface area contributed by atoms with Crippen molar-refractivity contribution in [3.05, 3.63) is 12.2 Å². The minimum Gasteiger partial charge on any atom is -0.462 e. The summed E-state index contributed by atoms with van der Waals surface area (Å²) in [7, 11) is -13.8. The van der Waals surface area contributed by atoms with E-state index in [0.717, 1.165) is 0 Å². The second-order valence-electron chi connectivity index (χ2n) is 7.75. The number of carbonyl (C=O) groups excluding carboxylic acids is 2. The predicted octanol–water partition coefficient (Wildman–Crippen LogP) is 3.72. The van der Waals surface area contributed by atoms with Gasteiger partial charge in [0.2, 0.25) is 0 Å². The summed E-state index contributed by atoms with van der Waals surface area (Å²) < 4.78 is 166. The van der Waals surface area contributed by atoms with Crippen molar-refractivity contribution in [2.24, 2.45) is 5.92 Å². The molecule has 0 spiro atoms. The molecule has 19 heteroatoms. The zero-order valence-electron chi connectivity index (χ0n) is 18.0. The van der Waals surface area contributed by atoms with Gasteiger partial charge in [0.15, 0.2) is 4.58 Å². The SMILES string of the molecule is C=C(C(=O)OC1CCC(C(=O)OC(C)CC(S(=O)(=O)C(F)(F)F)S(=O)(=O)C(F)(F)F)CC1)C(F)(F)F. The van der Waals surface area contributed by atoms with E-state index >= 15 is 0 Å². The fourth-order valence-corrected chi connectivity index (χ4v) is 6.72. The van der Waals surface area contributed by atoms with Gasteiger partial charge in [-0.05, 0) is 32.6 Å². The number of hydrogen-bond donors (Lipinski definition) is 0. The molecule has 0 amide bonds. The number of rotatable bonds is 8. The van der Waals surface area contributed by atoms with Crippen LogP contribution < -0.4 is 0 Å². The van der Waals surface area contributed by atoms with Gasteiger partial charge in [-0.2, -0.15) is 39.5 Å². The van der Waals surface area contributed by atoms with E-state index in [-0.39, 0.29) is 25.7 Å². The molecule has 0 aromatic rings. The maximum Gasteiger partial charge on any atom is 0.498 e. The first kappa shape index (κ1) is 32.0. The van der Waals surface area contributed by atoms with Crippen LogP contribution in [0.25, 0.3) is 0 Å². The van der Waals surface area contributed by atoms with Crippen LogP contribution in [0, 0.1) is 5.92 Å². The van der Waals surface area contributed by atoms with Crippen molar-refractivity contribution in [2.45, 2.75) is 73.0 Å². The lowest BCUT2D eigenvalue weighted by molar-refractivity contribution is -0.159. The lowest BCUT2D eigenvalue weighted by Crippen LogP contribution is -2.46. The molecule has 1 aliphatic rings. The van der Waals surface area contributed by atoms with E-state index in [1.165, 1.54) is 0 Å². The summed E-state index contributed by atoms with van der Waals surface area (Å²) in [4.78, 5) is 23.6. The van der Waals surface area contributed by atoms with Crippen LogP contribution in [0.4, 0.5) is 39.5 Å². The maximum absolute atomic E-state index is 12.8. The van der Waals surface area contributed by atoms with E-state index in [9.17, 15) is 65.9 Å². The summed E-state index contributed by atoms with van der Waals surface area (Å²) in [6, 6.07) is 0.